The summed E-state index contributed by atoms with van der Waals surface area (Å²) in [5, 5.41) is 29.6. The third-order valence-corrected chi connectivity index (χ3v) is 5.08. The molecule has 158 valence electrons. The smallest absolute Gasteiger partial charge is 0.322 e. The molecule has 0 spiro atoms. The summed E-state index contributed by atoms with van der Waals surface area (Å²) >= 11 is 0. The number of aromatic hydroxyl groups is 1. The second kappa shape index (κ2) is 7.55. The lowest BCUT2D eigenvalue weighted by Crippen LogP contribution is -2.29. The molecule has 2 aromatic heterocycles. The van der Waals surface area contributed by atoms with Crippen molar-refractivity contribution in [2.24, 2.45) is 0 Å². The minimum atomic E-state index is -1.21. The summed E-state index contributed by atoms with van der Waals surface area (Å²) in [5.41, 5.74) is -0.159. The van der Waals surface area contributed by atoms with E-state index in [0.717, 1.165) is 21.5 Å². The fourth-order valence-corrected chi connectivity index (χ4v) is 3.69. The van der Waals surface area contributed by atoms with E-state index in [1.54, 1.807) is 6.07 Å². The predicted molar refractivity (Wildman–Crippen MR) is 116 cm³/mol. The Morgan fingerprint density at radius 2 is 1.81 bits per heavy atom. The summed E-state index contributed by atoms with van der Waals surface area (Å²) in [6, 6.07) is 18.9. The van der Waals surface area contributed by atoms with Crippen molar-refractivity contribution in [1.82, 2.24) is 19.9 Å². The minimum absolute atomic E-state index is 0.0357. The van der Waals surface area contributed by atoms with Crippen LogP contribution >= 0.6 is 0 Å². The molecule has 32 heavy (non-hydrogen) atoms. The van der Waals surface area contributed by atoms with Crippen LogP contribution in [-0.4, -0.2) is 43.2 Å². The molecule has 0 radical (unpaired) electrons. The number of nitrogens with zero attached hydrogens (tertiary/aromatic N) is 3. The molecule has 0 aliphatic heterocycles. The van der Waals surface area contributed by atoms with Gasteiger partial charge in [0.2, 0.25) is 5.88 Å². The maximum Gasteiger partial charge on any atom is 0.322 e. The summed E-state index contributed by atoms with van der Waals surface area (Å²) in [5.74, 6) is -1.73. The highest BCUT2D eigenvalue weighted by Gasteiger charge is 2.22. The number of hydrogen-bond donors (Lipinski definition) is 3. The molecule has 0 aliphatic rings. The SMILES string of the molecule is O=C(O)CNC(=O)c1c(O)cc(Oc2cccc3c2ccc2ccccc23)n2ncnc12. The first-order valence-electron chi connectivity index (χ1n) is 9.67. The van der Waals surface area contributed by atoms with Gasteiger partial charge in [0.25, 0.3) is 5.91 Å². The zero-order chi connectivity index (χ0) is 22.2. The molecule has 0 saturated carbocycles. The van der Waals surface area contributed by atoms with E-state index in [4.69, 9.17) is 9.84 Å². The average Bonchev–Trinajstić information content (AvgIpc) is 3.27. The lowest BCUT2D eigenvalue weighted by molar-refractivity contribution is -0.135. The van der Waals surface area contributed by atoms with Gasteiger partial charge in [-0.1, -0.05) is 42.5 Å². The van der Waals surface area contributed by atoms with E-state index in [-0.39, 0.29) is 17.1 Å². The number of carbonyl (C=O) groups is 2. The molecule has 9 nitrogen and oxygen atoms in total. The second-order valence-corrected chi connectivity index (χ2v) is 7.05. The van der Waals surface area contributed by atoms with E-state index in [1.165, 1.54) is 16.9 Å². The van der Waals surface area contributed by atoms with Crippen molar-refractivity contribution in [1.29, 1.82) is 0 Å². The molecule has 0 atom stereocenters. The normalized spacial score (nSPS) is 11.1. The molecule has 0 bridgehead atoms. The Morgan fingerprint density at radius 1 is 1.00 bits per heavy atom. The molecular formula is C23H16N4O5. The van der Waals surface area contributed by atoms with Crippen LogP contribution in [0.1, 0.15) is 10.4 Å². The third-order valence-electron chi connectivity index (χ3n) is 5.08. The van der Waals surface area contributed by atoms with Crippen molar-refractivity contribution >= 4 is 39.1 Å². The predicted octanol–water partition coefficient (Wildman–Crippen LogP) is 3.35. The number of nitrogens with one attached hydrogen (secondary N) is 1. The number of aromatic nitrogens is 3. The van der Waals surface area contributed by atoms with Gasteiger partial charge in [-0.3, -0.25) is 9.59 Å². The van der Waals surface area contributed by atoms with Crippen LogP contribution in [0.15, 0.2) is 67.0 Å². The molecule has 0 fully saturated rings. The van der Waals surface area contributed by atoms with Gasteiger partial charge in [0.05, 0.1) is 0 Å². The van der Waals surface area contributed by atoms with Crippen LogP contribution in [0.2, 0.25) is 0 Å². The van der Waals surface area contributed by atoms with Gasteiger partial charge in [-0.25, -0.2) is 4.98 Å². The number of carbonyl (C=O) groups excluding carboxylic acids is 1. The van der Waals surface area contributed by atoms with E-state index in [2.05, 4.69) is 15.4 Å². The maximum atomic E-state index is 12.4. The first kappa shape index (κ1) is 19.3. The molecule has 0 unspecified atom stereocenters. The number of rotatable bonds is 5. The number of amides is 1. The van der Waals surface area contributed by atoms with Gasteiger partial charge in [0.1, 0.15) is 29.9 Å². The number of carboxylic acids is 1. The number of fused-ring (bicyclic) bond motifs is 4. The molecule has 0 aliphatic carbocycles. The molecular weight excluding hydrogens is 412 g/mol. The first-order valence-corrected chi connectivity index (χ1v) is 9.67. The summed E-state index contributed by atoms with van der Waals surface area (Å²) in [6.45, 7) is -0.596. The largest absolute Gasteiger partial charge is 0.507 e. The number of benzene rings is 3. The highest BCUT2D eigenvalue weighted by atomic mass is 16.5. The Hall–Kier alpha value is -4.66. The Labute approximate surface area is 180 Å². The van der Waals surface area contributed by atoms with Crippen molar-refractivity contribution in [3.8, 4) is 17.4 Å². The maximum absolute atomic E-state index is 12.4. The fourth-order valence-electron chi connectivity index (χ4n) is 3.69. The molecule has 3 aromatic carbocycles. The van der Waals surface area contributed by atoms with Gasteiger partial charge in [-0.05, 0) is 28.3 Å². The molecule has 1 amide bonds. The highest BCUT2D eigenvalue weighted by molar-refractivity contribution is 6.09. The molecule has 5 rings (SSSR count). The van der Waals surface area contributed by atoms with Crippen molar-refractivity contribution < 1.29 is 24.5 Å². The lowest BCUT2D eigenvalue weighted by Gasteiger charge is -2.13. The van der Waals surface area contributed by atoms with E-state index >= 15 is 0 Å². The number of carboxylic acid groups (broad SMARTS) is 1. The van der Waals surface area contributed by atoms with Crippen LogP contribution in [0.4, 0.5) is 0 Å². The summed E-state index contributed by atoms with van der Waals surface area (Å²) in [4.78, 5) is 27.2. The Balaban J connectivity index is 1.60. The number of pyridine rings is 1. The number of ether oxygens (including phenoxy) is 1. The fraction of sp³-hybridized carbons (Fsp3) is 0.0435. The van der Waals surface area contributed by atoms with E-state index in [9.17, 15) is 14.7 Å². The third kappa shape index (κ3) is 3.21. The Bertz CT molecular complexity index is 1530. The van der Waals surface area contributed by atoms with Crippen LogP contribution in [0.25, 0.3) is 27.2 Å². The van der Waals surface area contributed by atoms with Crippen molar-refractivity contribution in [2.45, 2.75) is 0 Å². The van der Waals surface area contributed by atoms with Gasteiger partial charge < -0.3 is 20.3 Å². The van der Waals surface area contributed by atoms with Crippen LogP contribution in [0, 0.1) is 0 Å². The Kier molecular flexibility index (Phi) is 4.55. The molecule has 0 saturated heterocycles. The van der Waals surface area contributed by atoms with Gasteiger partial charge in [-0.15, -0.1) is 0 Å². The summed E-state index contributed by atoms with van der Waals surface area (Å²) < 4.78 is 7.37. The molecule has 5 aromatic rings. The summed E-state index contributed by atoms with van der Waals surface area (Å²) in [6.07, 6.45) is 1.21. The lowest BCUT2D eigenvalue weighted by atomic mass is 10.0. The van der Waals surface area contributed by atoms with Crippen LogP contribution in [0.3, 0.4) is 0 Å². The minimum Gasteiger partial charge on any atom is -0.507 e. The quantitative estimate of drug-likeness (QED) is 0.367. The molecule has 2 heterocycles. The van der Waals surface area contributed by atoms with E-state index in [1.807, 2.05) is 48.5 Å². The first-order chi connectivity index (χ1) is 15.5. The van der Waals surface area contributed by atoms with Crippen molar-refractivity contribution in [2.75, 3.05) is 6.54 Å². The van der Waals surface area contributed by atoms with Gasteiger partial charge in [-0.2, -0.15) is 9.61 Å². The molecule has 9 heteroatoms. The van der Waals surface area contributed by atoms with Gasteiger partial charge >= 0.3 is 5.97 Å². The van der Waals surface area contributed by atoms with E-state index in [0.29, 0.717) is 5.75 Å². The summed E-state index contributed by atoms with van der Waals surface area (Å²) in [7, 11) is 0. The highest BCUT2D eigenvalue weighted by Crippen LogP contribution is 2.36. The van der Waals surface area contributed by atoms with Crippen molar-refractivity contribution in [3.63, 3.8) is 0 Å². The van der Waals surface area contributed by atoms with E-state index < -0.39 is 24.2 Å². The van der Waals surface area contributed by atoms with Crippen molar-refractivity contribution in [3.05, 3.63) is 72.6 Å². The molecule has 3 N–H and O–H groups in total. The zero-order valence-corrected chi connectivity index (χ0v) is 16.5. The van der Waals surface area contributed by atoms with Gasteiger partial charge in [0, 0.05) is 11.5 Å². The topological polar surface area (TPSA) is 126 Å². The number of aliphatic carboxylic acids is 1. The van der Waals surface area contributed by atoms with Crippen LogP contribution < -0.4 is 10.1 Å². The second-order valence-electron chi connectivity index (χ2n) is 7.05. The Morgan fingerprint density at radius 3 is 2.66 bits per heavy atom. The monoisotopic (exact) mass is 428 g/mol. The number of hydrogen-bond acceptors (Lipinski definition) is 6. The van der Waals surface area contributed by atoms with Crippen LogP contribution in [0.5, 0.6) is 17.4 Å². The standard InChI is InChI=1S/C23H16N4O5/c28-17-10-19(27-22(25-12-26-27)21(17)23(31)24-11-20(29)30)32-18-7-3-6-15-14-5-2-1-4-13(14)8-9-16(15)18/h1-10,12,28H,11H2,(H,24,31)(H,29,30). The van der Waals surface area contributed by atoms with Crippen LogP contribution in [-0.2, 0) is 4.79 Å². The average molecular weight is 428 g/mol. The van der Waals surface area contributed by atoms with Gasteiger partial charge in [0.15, 0.2) is 5.65 Å². The zero-order valence-electron chi connectivity index (χ0n) is 16.5.